The lowest BCUT2D eigenvalue weighted by atomic mass is 9.82. The van der Waals surface area contributed by atoms with Crippen molar-refractivity contribution in [2.24, 2.45) is 0 Å². The van der Waals surface area contributed by atoms with Crippen LogP contribution in [0.5, 0.6) is 11.5 Å². The lowest BCUT2D eigenvalue weighted by Crippen LogP contribution is -2.08. The van der Waals surface area contributed by atoms with Gasteiger partial charge in [0.2, 0.25) is 0 Å². The van der Waals surface area contributed by atoms with Crippen molar-refractivity contribution < 1.29 is 9.47 Å². The van der Waals surface area contributed by atoms with Gasteiger partial charge in [0.15, 0.2) is 0 Å². The summed E-state index contributed by atoms with van der Waals surface area (Å²) in [4.78, 5) is 0. The van der Waals surface area contributed by atoms with Gasteiger partial charge in [-0.3, -0.25) is 0 Å². The highest BCUT2D eigenvalue weighted by Crippen LogP contribution is 2.33. The Morgan fingerprint density at radius 3 is 1.23 bits per heavy atom. The van der Waals surface area contributed by atoms with Gasteiger partial charge in [-0.25, -0.2) is 0 Å². The van der Waals surface area contributed by atoms with E-state index >= 15 is 0 Å². The van der Waals surface area contributed by atoms with Crippen LogP contribution in [0.15, 0.2) is 48.5 Å². The number of hydrogen-bond acceptors (Lipinski definition) is 2. The molecule has 2 rings (SSSR count). The minimum atomic E-state index is -0.190. The molecule has 0 unspecified atom stereocenters. The maximum Gasteiger partial charge on any atom is 0.118 e. The molecular formula is C20H18O2. The summed E-state index contributed by atoms with van der Waals surface area (Å²) in [6.45, 7) is 0. The van der Waals surface area contributed by atoms with Crippen LogP contribution in [0.1, 0.15) is 23.0 Å². The summed E-state index contributed by atoms with van der Waals surface area (Å²) in [5.74, 6) is 6.84. The first-order valence-corrected chi connectivity index (χ1v) is 6.93. The van der Waals surface area contributed by atoms with Crippen LogP contribution in [0.4, 0.5) is 0 Å². The van der Waals surface area contributed by atoms with E-state index in [1.165, 1.54) is 0 Å². The van der Waals surface area contributed by atoms with E-state index in [-0.39, 0.29) is 11.8 Å². The summed E-state index contributed by atoms with van der Waals surface area (Å²) in [6, 6.07) is 15.4. The Morgan fingerprint density at radius 1 is 0.682 bits per heavy atom. The monoisotopic (exact) mass is 290 g/mol. The van der Waals surface area contributed by atoms with Crippen molar-refractivity contribution in [1.82, 2.24) is 0 Å². The standard InChI is InChI=1S/C20H18O2/c1-5-19(15-7-11-17(21-3)12-8-15)20(6-2)16-9-13-18(22-4)14-10-16/h1-2,7-14,19-20H,3-4H3/t19-,20-/m1/s1. The Hall–Kier alpha value is -2.84. The normalized spacial score (nSPS) is 12.5. The first kappa shape index (κ1) is 15.5. The molecule has 0 bridgehead atoms. The summed E-state index contributed by atoms with van der Waals surface area (Å²) in [5.41, 5.74) is 2.00. The number of methoxy groups -OCH3 is 2. The molecule has 2 atom stereocenters. The van der Waals surface area contributed by atoms with E-state index in [1.807, 2.05) is 48.5 Å². The fraction of sp³-hybridized carbons (Fsp3) is 0.200. The van der Waals surface area contributed by atoms with Crippen LogP contribution in [0, 0.1) is 24.7 Å². The Morgan fingerprint density at radius 2 is 1.00 bits per heavy atom. The Bertz CT molecular complexity index is 621. The summed E-state index contributed by atoms with van der Waals surface area (Å²) in [6.07, 6.45) is 11.5. The van der Waals surface area contributed by atoms with Crippen LogP contribution < -0.4 is 9.47 Å². The predicted molar refractivity (Wildman–Crippen MR) is 89.1 cm³/mol. The fourth-order valence-electron chi connectivity index (χ4n) is 2.39. The third-order valence-electron chi connectivity index (χ3n) is 3.64. The van der Waals surface area contributed by atoms with Gasteiger partial charge in [0.25, 0.3) is 0 Å². The van der Waals surface area contributed by atoms with E-state index in [4.69, 9.17) is 22.3 Å². The highest BCUT2D eigenvalue weighted by Gasteiger charge is 2.21. The van der Waals surface area contributed by atoms with Gasteiger partial charge in [-0.1, -0.05) is 36.1 Å². The number of hydrogen-bond donors (Lipinski definition) is 0. The average molecular weight is 290 g/mol. The molecule has 0 N–H and O–H groups in total. The molecule has 110 valence electrons. The number of benzene rings is 2. The molecule has 0 saturated heterocycles. The molecular weight excluding hydrogens is 272 g/mol. The van der Waals surface area contributed by atoms with E-state index in [0.29, 0.717) is 0 Å². The van der Waals surface area contributed by atoms with Crippen molar-refractivity contribution in [2.75, 3.05) is 14.2 Å². The van der Waals surface area contributed by atoms with Crippen molar-refractivity contribution in [1.29, 1.82) is 0 Å². The third-order valence-corrected chi connectivity index (χ3v) is 3.64. The number of rotatable bonds is 5. The molecule has 0 aliphatic rings. The zero-order valence-corrected chi connectivity index (χ0v) is 12.7. The summed E-state index contributed by atoms with van der Waals surface area (Å²) in [5, 5.41) is 0. The molecule has 0 aliphatic carbocycles. The maximum absolute atomic E-state index is 5.74. The number of terminal acetylenes is 2. The predicted octanol–water partition coefficient (Wildman–Crippen LogP) is 3.84. The highest BCUT2D eigenvalue weighted by atomic mass is 16.5. The van der Waals surface area contributed by atoms with Gasteiger partial charge in [-0.15, -0.1) is 12.8 Å². The van der Waals surface area contributed by atoms with Crippen LogP contribution in [0.25, 0.3) is 0 Å². The highest BCUT2D eigenvalue weighted by molar-refractivity contribution is 5.42. The molecule has 0 fully saturated rings. The Kier molecular flexibility index (Phi) is 5.12. The van der Waals surface area contributed by atoms with E-state index in [9.17, 15) is 0 Å². The smallest absolute Gasteiger partial charge is 0.118 e. The summed E-state index contributed by atoms with van der Waals surface area (Å²) >= 11 is 0. The summed E-state index contributed by atoms with van der Waals surface area (Å²) < 4.78 is 10.3. The maximum atomic E-state index is 5.74. The minimum Gasteiger partial charge on any atom is -0.497 e. The second-order valence-electron chi connectivity index (χ2n) is 4.83. The molecule has 2 aromatic rings. The van der Waals surface area contributed by atoms with E-state index in [0.717, 1.165) is 22.6 Å². The van der Waals surface area contributed by atoms with Gasteiger partial charge in [0.05, 0.1) is 26.1 Å². The van der Waals surface area contributed by atoms with Crippen molar-refractivity contribution in [3.8, 4) is 36.2 Å². The van der Waals surface area contributed by atoms with Gasteiger partial charge in [-0.2, -0.15) is 0 Å². The van der Waals surface area contributed by atoms with Gasteiger partial charge in [0.1, 0.15) is 11.5 Å². The molecule has 2 aromatic carbocycles. The summed E-state index contributed by atoms with van der Waals surface area (Å²) in [7, 11) is 3.27. The fourth-order valence-corrected chi connectivity index (χ4v) is 2.39. The Balaban J connectivity index is 2.33. The van der Waals surface area contributed by atoms with Crippen molar-refractivity contribution in [3.05, 3.63) is 59.7 Å². The van der Waals surface area contributed by atoms with Gasteiger partial charge >= 0.3 is 0 Å². The van der Waals surface area contributed by atoms with Crippen LogP contribution >= 0.6 is 0 Å². The molecule has 0 aliphatic heterocycles. The first-order valence-electron chi connectivity index (χ1n) is 6.93. The molecule has 0 heterocycles. The molecule has 0 aromatic heterocycles. The lowest BCUT2D eigenvalue weighted by Gasteiger charge is -2.19. The van der Waals surface area contributed by atoms with Gasteiger partial charge in [0, 0.05) is 0 Å². The second kappa shape index (κ2) is 7.25. The van der Waals surface area contributed by atoms with Gasteiger partial charge < -0.3 is 9.47 Å². The van der Waals surface area contributed by atoms with Crippen LogP contribution in [-0.4, -0.2) is 14.2 Å². The molecule has 2 heteroatoms. The van der Waals surface area contributed by atoms with Crippen molar-refractivity contribution in [2.45, 2.75) is 11.8 Å². The zero-order valence-electron chi connectivity index (χ0n) is 12.7. The quantitative estimate of drug-likeness (QED) is 0.779. The van der Waals surface area contributed by atoms with Crippen molar-refractivity contribution >= 4 is 0 Å². The molecule has 2 nitrogen and oxygen atoms in total. The van der Waals surface area contributed by atoms with E-state index < -0.39 is 0 Å². The molecule has 0 amide bonds. The topological polar surface area (TPSA) is 18.5 Å². The van der Waals surface area contributed by atoms with Crippen LogP contribution in [0.3, 0.4) is 0 Å². The van der Waals surface area contributed by atoms with Crippen LogP contribution in [-0.2, 0) is 0 Å². The average Bonchev–Trinajstić information content (AvgIpc) is 2.60. The molecule has 0 spiro atoms. The Labute approximate surface area is 132 Å². The molecule has 0 saturated carbocycles. The first-order chi connectivity index (χ1) is 10.7. The third kappa shape index (κ3) is 3.25. The minimum absolute atomic E-state index is 0.190. The van der Waals surface area contributed by atoms with Gasteiger partial charge in [-0.05, 0) is 35.4 Å². The zero-order chi connectivity index (χ0) is 15.9. The largest absolute Gasteiger partial charge is 0.497 e. The molecule has 0 radical (unpaired) electrons. The lowest BCUT2D eigenvalue weighted by molar-refractivity contribution is 0.414. The van der Waals surface area contributed by atoms with Crippen LogP contribution in [0.2, 0.25) is 0 Å². The molecule has 22 heavy (non-hydrogen) atoms. The van der Waals surface area contributed by atoms with E-state index in [2.05, 4.69) is 11.8 Å². The SMILES string of the molecule is C#C[C@H](c1ccc(OC)cc1)[C@H](C#C)c1ccc(OC)cc1. The van der Waals surface area contributed by atoms with Crippen molar-refractivity contribution in [3.63, 3.8) is 0 Å². The number of ether oxygens (including phenoxy) is 2. The second-order valence-corrected chi connectivity index (χ2v) is 4.83. The van der Waals surface area contributed by atoms with E-state index in [1.54, 1.807) is 14.2 Å².